The lowest BCUT2D eigenvalue weighted by Crippen LogP contribution is -2.40. The van der Waals surface area contributed by atoms with Gasteiger partial charge in [0.05, 0.1) is 18.8 Å². The number of carbonyl (C=O) groups is 1. The summed E-state index contributed by atoms with van der Waals surface area (Å²) in [6.45, 7) is 4.95. The Morgan fingerprint density at radius 2 is 2.23 bits per heavy atom. The van der Waals surface area contributed by atoms with Crippen LogP contribution in [0.5, 0.6) is 5.75 Å². The van der Waals surface area contributed by atoms with Crippen LogP contribution in [0.15, 0.2) is 18.2 Å². The van der Waals surface area contributed by atoms with Crippen LogP contribution < -0.4 is 15.4 Å². The van der Waals surface area contributed by atoms with Crippen molar-refractivity contribution in [2.24, 2.45) is 0 Å². The molecule has 122 valence electrons. The molecule has 1 heterocycles. The molecule has 1 saturated heterocycles. The van der Waals surface area contributed by atoms with E-state index in [0.717, 1.165) is 18.4 Å². The summed E-state index contributed by atoms with van der Waals surface area (Å²) in [6, 6.07) is 5.15. The first kappa shape index (κ1) is 16.9. The van der Waals surface area contributed by atoms with E-state index in [9.17, 15) is 4.79 Å². The predicted molar refractivity (Wildman–Crippen MR) is 86.4 cm³/mol. The quantitative estimate of drug-likeness (QED) is 0.874. The number of rotatable bonds is 5. The molecule has 2 amide bonds. The monoisotopic (exact) mass is 326 g/mol. The number of methoxy groups -OCH3 is 1. The maximum Gasteiger partial charge on any atom is 0.315 e. The minimum Gasteiger partial charge on any atom is -0.496 e. The van der Waals surface area contributed by atoms with E-state index in [-0.39, 0.29) is 17.7 Å². The Labute approximate surface area is 136 Å². The third-order valence-electron chi connectivity index (χ3n) is 3.77. The number of hydrogen-bond acceptors (Lipinski definition) is 3. The van der Waals surface area contributed by atoms with Gasteiger partial charge in [-0.3, -0.25) is 0 Å². The van der Waals surface area contributed by atoms with Gasteiger partial charge in [-0.25, -0.2) is 4.79 Å². The van der Waals surface area contributed by atoms with Gasteiger partial charge >= 0.3 is 6.03 Å². The smallest absolute Gasteiger partial charge is 0.315 e. The van der Waals surface area contributed by atoms with Gasteiger partial charge in [-0.15, -0.1) is 0 Å². The van der Waals surface area contributed by atoms with Crippen molar-refractivity contribution in [1.82, 2.24) is 10.6 Å². The van der Waals surface area contributed by atoms with Crippen LogP contribution in [0.25, 0.3) is 0 Å². The maximum atomic E-state index is 11.9. The molecule has 0 bridgehead atoms. The number of benzene rings is 1. The summed E-state index contributed by atoms with van der Waals surface area (Å²) in [5, 5.41) is 6.19. The van der Waals surface area contributed by atoms with Crippen molar-refractivity contribution < 1.29 is 14.3 Å². The minimum atomic E-state index is -0.240. The van der Waals surface area contributed by atoms with Gasteiger partial charge < -0.3 is 20.1 Å². The average Bonchev–Trinajstić information content (AvgIpc) is 2.83. The van der Waals surface area contributed by atoms with Crippen molar-refractivity contribution in [3.8, 4) is 5.75 Å². The van der Waals surface area contributed by atoms with E-state index in [1.54, 1.807) is 13.2 Å². The molecule has 5 nitrogen and oxygen atoms in total. The zero-order valence-electron chi connectivity index (χ0n) is 13.2. The number of halogens is 1. The lowest BCUT2D eigenvalue weighted by atomic mass is 10.1. The standard InChI is InChI=1S/C16H23ClN2O3/c1-16(2)8-7-11(22-16)9-18-15(20)19-10-12-13(17)5-4-6-14(12)21-3/h4-6,11H,7-10H2,1-3H3,(H2,18,19,20). The topological polar surface area (TPSA) is 59.6 Å². The van der Waals surface area contributed by atoms with Crippen LogP contribution in [0.1, 0.15) is 32.3 Å². The fourth-order valence-electron chi connectivity index (χ4n) is 2.56. The summed E-state index contributed by atoms with van der Waals surface area (Å²) >= 11 is 6.13. The summed E-state index contributed by atoms with van der Waals surface area (Å²) in [4.78, 5) is 11.9. The molecular formula is C16H23ClN2O3. The second-order valence-electron chi connectivity index (χ2n) is 6.02. The second-order valence-corrected chi connectivity index (χ2v) is 6.43. The first-order valence-corrected chi connectivity index (χ1v) is 7.80. The van der Waals surface area contributed by atoms with Gasteiger partial charge in [-0.05, 0) is 38.8 Å². The maximum absolute atomic E-state index is 11.9. The fourth-order valence-corrected chi connectivity index (χ4v) is 2.79. The van der Waals surface area contributed by atoms with Crippen LogP contribution in [0.3, 0.4) is 0 Å². The Balaban J connectivity index is 1.79. The van der Waals surface area contributed by atoms with Gasteiger partial charge in [-0.1, -0.05) is 17.7 Å². The molecule has 1 fully saturated rings. The molecule has 1 unspecified atom stereocenters. The van der Waals surface area contributed by atoms with Crippen LogP contribution in [-0.4, -0.2) is 31.4 Å². The Morgan fingerprint density at radius 3 is 2.86 bits per heavy atom. The Hall–Kier alpha value is -1.46. The van der Waals surface area contributed by atoms with E-state index in [0.29, 0.717) is 23.9 Å². The van der Waals surface area contributed by atoms with E-state index >= 15 is 0 Å². The lowest BCUT2D eigenvalue weighted by molar-refractivity contribution is -0.0131. The lowest BCUT2D eigenvalue weighted by Gasteiger charge is -2.19. The molecule has 1 aliphatic rings. The Kier molecular flexibility index (Phi) is 5.53. The summed E-state index contributed by atoms with van der Waals surface area (Å²) in [5.41, 5.74) is 0.674. The molecule has 0 aromatic heterocycles. The third kappa shape index (κ3) is 4.52. The molecule has 0 spiro atoms. The van der Waals surface area contributed by atoms with Crippen LogP contribution in [0.2, 0.25) is 5.02 Å². The number of urea groups is 1. The van der Waals surface area contributed by atoms with Gasteiger partial charge in [0.2, 0.25) is 0 Å². The van der Waals surface area contributed by atoms with E-state index < -0.39 is 0 Å². The van der Waals surface area contributed by atoms with E-state index in [2.05, 4.69) is 24.5 Å². The van der Waals surface area contributed by atoms with Crippen LogP contribution >= 0.6 is 11.6 Å². The van der Waals surface area contributed by atoms with Crippen LogP contribution in [-0.2, 0) is 11.3 Å². The first-order valence-electron chi connectivity index (χ1n) is 7.42. The van der Waals surface area contributed by atoms with Gasteiger partial charge in [0.15, 0.2) is 0 Å². The Morgan fingerprint density at radius 1 is 1.45 bits per heavy atom. The van der Waals surface area contributed by atoms with E-state index in [4.69, 9.17) is 21.1 Å². The van der Waals surface area contributed by atoms with Gasteiger partial charge in [-0.2, -0.15) is 0 Å². The summed E-state index contributed by atoms with van der Waals surface area (Å²) in [7, 11) is 1.58. The average molecular weight is 327 g/mol. The number of ether oxygens (including phenoxy) is 2. The highest BCUT2D eigenvalue weighted by Crippen LogP contribution is 2.29. The molecule has 2 rings (SSSR count). The molecule has 1 aromatic carbocycles. The van der Waals surface area contributed by atoms with Crippen molar-refractivity contribution in [3.63, 3.8) is 0 Å². The number of nitrogens with one attached hydrogen (secondary N) is 2. The van der Waals surface area contributed by atoms with Gasteiger partial charge in [0.1, 0.15) is 5.75 Å². The second kappa shape index (κ2) is 7.20. The fraction of sp³-hybridized carbons (Fsp3) is 0.562. The van der Waals surface area contributed by atoms with Crippen molar-refractivity contribution in [3.05, 3.63) is 28.8 Å². The van der Waals surface area contributed by atoms with Crippen molar-refractivity contribution in [2.45, 2.75) is 44.9 Å². The predicted octanol–water partition coefficient (Wildman–Crippen LogP) is 3.11. The summed E-state index contributed by atoms with van der Waals surface area (Å²) in [6.07, 6.45) is 2.05. The summed E-state index contributed by atoms with van der Waals surface area (Å²) in [5.74, 6) is 0.661. The highest BCUT2D eigenvalue weighted by atomic mass is 35.5. The molecule has 0 aliphatic carbocycles. The van der Waals surface area contributed by atoms with Crippen molar-refractivity contribution in [2.75, 3.05) is 13.7 Å². The Bertz CT molecular complexity index is 534. The number of amides is 2. The molecule has 22 heavy (non-hydrogen) atoms. The third-order valence-corrected chi connectivity index (χ3v) is 4.12. The molecule has 1 aromatic rings. The zero-order valence-corrected chi connectivity index (χ0v) is 14.0. The number of carbonyl (C=O) groups excluding carboxylic acids is 1. The molecular weight excluding hydrogens is 304 g/mol. The highest BCUT2D eigenvalue weighted by molar-refractivity contribution is 6.31. The van der Waals surface area contributed by atoms with E-state index in [1.165, 1.54) is 0 Å². The van der Waals surface area contributed by atoms with Crippen LogP contribution in [0.4, 0.5) is 4.79 Å². The zero-order chi connectivity index (χ0) is 16.2. The molecule has 1 atom stereocenters. The van der Waals surface area contributed by atoms with Gasteiger partial charge in [0, 0.05) is 23.7 Å². The molecule has 6 heteroatoms. The minimum absolute atomic E-state index is 0.0793. The van der Waals surface area contributed by atoms with Crippen LogP contribution in [0, 0.1) is 0 Å². The molecule has 0 saturated carbocycles. The van der Waals surface area contributed by atoms with Crippen molar-refractivity contribution >= 4 is 17.6 Å². The number of hydrogen-bond donors (Lipinski definition) is 2. The normalized spacial score (nSPS) is 19.7. The van der Waals surface area contributed by atoms with E-state index in [1.807, 2.05) is 12.1 Å². The molecule has 0 radical (unpaired) electrons. The molecule has 1 aliphatic heterocycles. The first-order chi connectivity index (χ1) is 10.4. The van der Waals surface area contributed by atoms with Gasteiger partial charge in [0.25, 0.3) is 0 Å². The van der Waals surface area contributed by atoms with Crippen molar-refractivity contribution in [1.29, 1.82) is 0 Å². The summed E-state index contributed by atoms with van der Waals surface area (Å²) < 4.78 is 11.1. The highest BCUT2D eigenvalue weighted by Gasteiger charge is 2.31. The SMILES string of the molecule is COc1cccc(Cl)c1CNC(=O)NCC1CCC(C)(C)O1. The largest absolute Gasteiger partial charge is 0.496 e. The molecule has 2 N–H and O–H groups in total.